The molecule has 2 aromatic rings. The van der Waals surface area contributed by atoms with Crippen molar-refractivity contribution in [2.75, 3.05) is 5.32 Å². The third kappa shape index (κ3) is 4.34. The summed E-state index contributed by atoms with van der Waals surface area (Å²) in [6.07, 6.45) is -13.6. The average Bonchev–Trinajstić information content (AvgIpc) is 2.56. The molecule has 0 saturated carbocycles. The van der Waals surface area contributed by atoms with Crippen LogP contribution in [-0.4, -0.2) is 23.9 Å². The number of hydrogen-bond acceptors (Lipinski definition) is 1. The summed E-state index contributed by atoms with van der Waals surface area (Å²) in [5.41, 5.74) is -6.24. The van der Waals surface area contributed by atoms with Crippen LogP contribution in [-0.2, 0) is 6.42 Å². The van der Waals surface area contributed by atoms with Gasteiger partial charge in [0.1, 0.15) is 17.3 Å². The molecule has 2 amide bonds. The Bertz CT molecular complexity index is 799. The van der Waals surface area contributed by atoms with E-state index in [4.69, 9.17) is 0 Å². The van der Waals surface area contributed by atoms with Crippen LogP contribution in [0.3, 0.4) is 0 Å². The fourth-order valence-electron chi connectivity index (χ4n) is 2.40. The fraction of sp³-hybridized carbons (Fsp3) is 0.235. The third-order valence-electron chi connectivity index (χ3n) is 3.81. The molecule has 2 aromatic carbocycles. The van der Waals surface area contributed by atoms with Gasteiger partial charge in [0.15, 0.2) is 0 Å². The predicted molar refractivity (Wildman–Crippen MR) is 83.5 cm³/mol. The van der Waals surface area contributed by atoms with Gasteiger partial charge in [-0.25, -0.2) is 13.6 Å². The molecule has 0 spiro atoms. The second kappa shape index (κ2) is 7.64. The fourth-order valence-corrected chi connectivity index (χ4v) is 2.40. The summed E-state index contributed by atoms with van der Waals surface area (Å²) < 4.78 is 108. The molecule has 0 atom stereocenters. The van der Waals surface area contributed by atoms with Crippen molar-refractivity contribution >= 4 is 11.7 Å². The van der Waals surface area contributed by atoms with Crippen LogP contribution in [0.25, 0.3) is 0 Å². The number of hydrogen-bond donors (Lipinski definition) is 2. The molecular formula is C17H12F8N2O. The first-order valence-corrected chi connectivity index (χ1v) is 7.58. The Balaban J connectivity index is 2.42. The van der Waals surface area contributed by atoms with E-state index in [1.54, 1.807) is 0 Å². The number of para-hydroxylation sites is 1. The van der Waals surface area contributed by atoms with Gasteiger partial charge in [-0.2, -0.15) is 26.3 Å². The zero-order valence-electron chi connectivity index (χ0n) is 13.8. The molecule has 0 fully saturated rings. The molecule has 0 heterocycles. The number of carbonyl (C=O) groups excluding carboxylic acids is 1. The number of amides is 2. The highest BCUT2D eigenvalue weighted by molar-refractivity contribution is 5.90. The lowest BCUT2D eigenvalue weighted by Crippen LogP contribution is -2.69. The van der Waals surface area contributed by atoms with Crippen LogP contribution < -0.4 is 10.6 Å². The second-order valence-corrected chi connectivity index (χ2v) is 5.74. The average molecular weight is 412 g/mol. The summed E-state index contributed by atoms with van der Waals surface area (Å²) >= 11 is 0. The van der Waals surface area contributed by atoms with E-state index in [1.165, 1.54) is 23.5 Å². The van der Waals surface area contributed by atoms with Crippen molar-refractivity contribution in [1.29, 1.82) is 0 Å². The standard InChI is InChI=1S/C17H12F8N2O/c18-11-7-4-8-12(19)13(11)26-14(28)27-15(16(20,21)22,17(23,24)25)9-10-5-2-1-3-6-10/h1-8H,9H2,(H2,26,27,28). The molecule has 2 N–H and O–H groups in total. The normalized spacial score (nSPS) is 12.6. The molecule has 0 aliphatic carbocycles. The topological polar surface area (TPSA) is 41.1 Å². The molecule has 0 aromatic heterocycles. The van der Waals surface area contributed by atoms with Crippen LogP contribution in [0.5, 0.6) is 0 Å². The summed E-state index contributed by atoms with van der Waals surface area (Å²) in [6.45, 7) is 0. The van der Waals surface area contributed by atoms with E-state index in [0.29, 0.717) is 12.1 Å². The second-order valence-electron chi connectivity index (χ2n) is 5.74. The van der Waals surface area contributed by atoms with Gasteiger partial charge < -0.3 is 10.6 Å². The molecular weight excluding hydrogens is 400 g/mol. The van der Waals surface area contributed by atoms with Gasteiger partial charge >= 0.3 is 18.4 Å². The zero-order valence-corrected chi connectivity index (χ0v) is 13.8. The summed E-state index contributed by atoms with van der Waals surface area (Å²) in [5, 5.41) is 2.19. The predicted octanol–water partition coefficient (Wildman–Crippen LogP) is 5.19. The Kier molecular flexibility index (Phi) is 5.86. The molecule has 0 saturated heterocycles. The van der Waals surface area contributed by atoms with Crippen LogP contribution in [0.2, 0.25) is 0 Å². The van der Waals surface area contributed by atoms with E-state index in [0.717, 1.165) is 23.5 Å². The Hall–Kier alpha value is -2.85. The highest BCUT2D eigenvalue weighted by atomic mass is 19.4. The molecule has 152 valence electrons. The minimum Gasteiger partial charge on any atom is -0.316 e. The van der Waals surface area contributed by atoms with E-state index in [2.05, 4.69) is 0 Å². The van der Waals surface area contributed by atoms with Gasteiger partial charge in [-0.1, -0.05) is 36.4 Å². The number of benzene rings is 2. The highest BCUT2D eigenvalue weighted by Gasteiger charge is 2.71. The molecule has 0 radical (unpaired) electrons. The van der Waals surface area contributed by atoms with Crippen molar-refractivity contribution in [3.8, 4) is 0 Å². The number of anilines is 1. The molecule has 0 bridgehead atoms. The van der Waals surface area contributed by atoms with Crippen molar-refractivity contribution in [2.24, 2.45) is 0 Å². The molecule has 28 heavy (non-hydrogen) atoms. The van der Waals surface area contributed by atoms with E-state index < -0.39 is 47.7 Å². The lowest BCUT2D eigenvalue weighted by Gasteiger charge is -2.38. The van der Waals surface area contributed by atoms with Crippen LogP contribution in [0.1, 0.15) is 5.56 Å². The minimum absolute atomic E-state index is 0.366. The molecule has 0 aliphatic heterocycles. The number of carbonyl (C=O) groups is 1. The van der Waals surface area contributed by atoms with E-state index in [9.17, 15) is 39.9 Å². The number of rotatable bonds is 4. The van der Waals surface area contributed by atoms with Gasteiger partial charge in [-0.15, -0.1) is 0 Å². The maximum Gasteiger partial charge on any atom is 0.420 e. The van der Waals surface area contributed by atoms with Crippen molar-refractivity contribution in [1.82, 2.24) is 5.32 Å². The van der Waals surface area contributed by atoms with Gasteiger partial charge in [-0.05, 0) is 17.7 Å². The van der Waals surface area contributed by atoms with Gasteiger partial charge in [0.05, 0.1) is 0 Å². The number of urea groups is 1. The quantitative estimate of drug-likeness (QED) is 0.667. The van der Waals surface area contributed by atoms with Crippen LogP contribution in [0.4, 0.5) is 45.6 Å². The monoisotopic (exact) mass is 412 g/mol. The first-order chi connectivity index (χ1) is 12.9. The van der Waals surface area contributed by atoms with Gasteiger partial charge in [0.2, 0.25) is 5.54 Å². The molecule has 0 aliphatic rings. The first kappa shape index (κ1) is 21.5. The van der Waals surface area contributed by atoms with E-state index in [-0.39, 0.29) is 5.56 Å². The van der Waals surface area contributed by atoms with Crippen molar-refractivity contribution < 1.29 is 39.9 Å². The van der Waals surface area contributed by atoms with E-state index in [1.807, 2.05) is 0 Å². The largest absolute Gasteiger partial charge is 0.420 e. The lowest BCUT2D eigenvalue weighted by molar-refractivity contribution is -0.303. The number of halogens is 8. The van der Waals surface area contributed by atoms with Gasteiger partial charge in [0, 0.05) is 6.42 Å². The van der Waals surface area contributed by atoms with E-state index >= 15 is 0 Å². The Labute approximate surface area is 153 Å². The van der Waals surface area contributed by atoms with Gasteiger partial charge in [-0.3, -0.25) is 0 Å². The highest BCUT2D eigenvalue weighted by Crippen LogP contribution is 2.45. The lowest BCUT2D eigenvalue weighted by atomic mass is 9.89. The summed E-state index contributed by atoms with van der Waals surface area (Å²) in [7, 11) is 0. The maximum atomic E-state index is 13.5. The third-order valence-corrected chi connectivity index (χ3v) is 3.81. The molecule has 2 rings (SSSR count). The van der Waals surface area contributed by atoms with Crippen molar-refractivity contribution in [3.05, 3.63) is 65.7 Å². The number of alkyl halides is 6. The summed E-state index contributed by atoms with van der Waals surface area (Å²) in [5.74, 6) is -2.74. The Morgan fingerprint density at radius 2 is 1.29 bits per heavy atom. The van der Waals surface area contributed by atoms with Crippen molar-refractivity contribution in [2.45, 2.75) is 24.3 Å². The number of nitrogens with one attached hydrogen (secondary N) is 2. The summed E-state index contributed by atoms with van der Waals surface area (Å²) in [6, 6.07) is 6.03. The smallest absolute Gasteiger partial charge is 0.316 e. The Morgan fingerprint density at radius 1 is 0.786 bits per heavy atom. The summed E-state index contributed by atoms with van der Waals surface area (Å²) in [4.78, 5) is 11.9. The van der Waals surface area contributed by atoms with Crippen LogP contribution in [0.15, 0.2) is 48.5 Å². The Morgan fingerprint density at radius 3 is 1.75 bits per heavy atom. The molecule has 11 heteroatoms. The van der Waals surface area contributed by atoms with Crippen LogP contribution >= 0.6 is 0 Å². The maximum absolute atomic E-state index is 13.5. The SMILES string of the molecule is O=C(Nc1c(F)cccc1F)NC(Cc1ccccc1)(C(F)(F)F)C(F)(F)F. The zero-order chi connectivity index (χ0) is 21.2. The van der Waals surface area contributed by atoms with Crippen LogP contribution in [0, 0.1) is 11.6 Å². The molecule has 3 nitrogen and oxygen atoms in total. The molecule has 0 unspecified atom stereocenters. The minimum atomic E-state index is -5.97. The van der Waals surface area contributed by atoms with Crippen molar-refractivity contribution in [3.63, 3.8) is 0 Å². The van der Waals surface area contributed by atoms with Gasteiger partial charge in [0.25, 0.3) is 0 Å². The first-order valence-electron chi connectivity index (χ1n) is 7.58.